The third kappa shape index (κ3) is 5.30. The molecule has 0 amide bonds. The second-order valence-corrected chi connectivity index (χ2v) is 6.53. The minimum Gasteiger partial charge on any atom is -0.385 e. The standard InChI is InChI=1S/C16H18FN2O7P/c1-16(17,19-9-8-13(20)18-15(19)22)14(21)12(24-2)10-25-27(23)26-11-6-4-3-5-7-11/h3-9,12,14,21H,10H2,1-2H3/p+1/t12?,14-,16+/m1/s1. The number of H-pyrrole nitrogens is 1. The average Bonchev–Trinajstić information content (AvgIpc) is 2.62. The molecule has 1 heterocycles. The van der Waals surface area contributed by atoms with Crippen molar-refractivity contribution < 1.29 is 27.8 Å². The third-order valence-corrected chi connectivity index (χ3v) is 4.48. The number of para-hydroxylation sites is 1. The number of nitrogens with one attached hydrogen (secondary N) is 1. The number of alkyl halides is 1. The Hall–Kier alpha value is -2.39. The van der Waals surface area contributed by atoms with Gasteiger partial charge in [0, 0.05) is 23.9 Å². The highest BCUT2D eigenvalue weighted by atomic mass is 31.1. The summed E-state index contributed by atoms with van der Waals surface area (Å²) in [5, 5.41) is 10.3. The molecule has 1 aromatic carbocycles. The molecule has 0 spiro atoms. The molecule has 0 bridgehead atoms. The van der Waals surface area contributed by atoms with Gasteiger partial charge in [0.15, 0.2) is 5.75 Å². The van der Waals surface area contributed by atoms with E-state index in [1.165, 1.54) is 7.11 Å². The van der Waals surface area contributed by atoms with Gasteiger partial charge in [0.1, 0.15) is 18.8 Å². The lowest BCUT2D eigenvalue weighted by Gasteiger charge is -2.31. The predicted molar refractivity (Wildman–Crippen MR) is 93.5 cm³/mol. The molecule has 2 N–H and O–H groups in total. The average molecular weight is 401 g/mol. The van der Waals surface area contributed by atoms with Crippen molar-refractivity contribution in [3.63, 3.8) is 0 Å². The first-order valence-electron chi connectivity index (χ1n) is 7.81. The Morgan fingerprint density at radius 1 is 1.30 bits per heavy atom. The van der Waals surface area contributed by atoms with E-state index in [-0.39, 0.29) is 0 Å². The molecule has 2 aromatic rings. The molecule has 0 saturated heterocycles. The lowest BCUT2D eigenvalue weighted by atomic mass is 10.0. The van der Waals surface area contributed by atoms with Crippen LogP contribution in [0.25, 0.3) is 0 Å². The van der Waals surface area contributed by atoms with Crippen LogP contribution in [-0.2, 0) is 19.6 Å². The summed E-state index contributed by atoms with van der Waals surface area (Å²) in [5.74, 6) is -2.33. The fourth-order valence-corrected chi connectivity index (χ4v) is 2.87. The molecule has 1 aromatic heterocycles. The van der Waals surface area contributed by atoms with Gasteiger partial charge in [0.2, 0.25) is 5.79 Å². The highest BCUT2D eigenvalue weighted by molar-refractivity contribution is 7.33. The molecule has 11 heteroatoms. The summed E-state index contributed by atoms with van der Waals surface area (Å²) < 4.78 is 42.5. The van der Waals surface area contributed by atoms with Crippen molar-refractivity contribution in [2.24, 2.45) is 0 Å². The number of rotatable bonds is 9. The highest BCUT2D eigenvalue weighted by Crippen LogP contribution is 2.30. The van der Waals surface area contributed by atoms with E-state index in [9.17, 15) is 19.3 Å². The van der Waals surface area contributed by atoms with Crippen LogP contribution in [0.3, 0.4) is 0 Å². The van der Waals surface area contributed by atoms with Crippen molar-refractivity contribution in [1.29, 1.82) is 0 Å². The molecule has 2 rings (SSSR count). The van der Waals surface area contributed by atoms with Crippen LogP contribution in [0, 0.1) is 0 Å². The largest absolute Gasteiger partial charge is 0.750 e. The van der Waals surface area contributed by atoms with Gasteiger partial charge in [0.25, 0.3) is 5.56 Å². The zero-order chi connectivity index (χ0) is 20.0. The van der Waals surface area contributed by atoms with Gasteiger partial charge in [-0.1, -0.05) is 18.2 Å². The van der Waals surface area contributed by atoms with Crippen LogP contribution >= 0.6 is 8.25 Å². The Bertz CT molecular complexity index is 884. The van der Waals surface area contributed by atoms with Crippen molar-refractivity contribution in [1.82, 2.24) is 9.55 Å². The van der Waals surface area contributed by atoms with E-state index in [4.69, 9.17) is 13.8 Å². The van der Waals surface area contributed by atoms with Gasteiger partial charge in [-0.05, 0) is 19.1 Å². The SMILES string of the molecule is COC(CO[P+](=O)Oc1ccccc1)[C@@H](O)[C@@](C)(F)n1ccc(=O)[nH]c1=O. The molecule has 0 aliphatic rings. The van der Waals surface area contributed by atoms with Crippen molar-refractivity contribution in [3.05, 3.63) is 63.4 Å². The zero-order valence-electron chi connectivity index (χ0n) is 14.6. The van der Waals surface area contributed by atoms with Gasteiger partial charge in [-0.15, -0.1) is 4.52 Å². The maximum atomic E-state index is 15.1. The van der Waals surface area contributed by atoms with E-state index in [1.807, 2.05) is 4.98 Å². The summed E-state index contributed by atoms with van der Waals surface area (Å²) >= 11 is 0. The van der Waals surface area contributed by atoms with Gasteiger partial charge < -0.3 is 9.84 Å². The number of halogens is 1. The lowest BCUT2D eigenvalue weighted by molar-refractivity contribution is -0.136. The molecule has 27 heavy (non-hydrogen) atoms. The first-order chi connectivity index (χ1) is 12.8. The van der Waals surface area contributed by atoms with Crippen LogP contribution in [0.2, 0.25) is 0 Å². The Balaban J connectivity index is 2.05. The van der Waals surface area contributed by atoms with Crippen LogP contribution < -0.4 is 15.8 Å². The summed E-state index contributed by atoms with van der Waals surface area (Å²) in [6, 6.07) is 9.18. The Labute approximate surface area is 154 Å². The first kappa shape index (κ1) is 20.9. The highest BCUT2D eigenvalue weighted by Gasteiger charge is 2.43. The summed E-state index contributed by atoms with van der Waals surface area (Å²) in [5.41, 5.74) is -1.75. The van der Waals surface area contributed by atoms with Crippen LogP contribution in [0.1, 0.15) is 6.92 Å². The summed E-state index contributed by atoms with van der Waals surface area (Å²) in [6.07, 6.45) is -2.25. The predicted octanol–water partition coefficient (Wildman–Crippen LogP) is 1.31. The maximum absolute atomic E-state index is 15.1. The van der Waals surface area contributed by atoms with Crippen molar-refractivity contribution in [2.75, 3.05) is 13.7 Å². The molecule has 0 aliphatic heterocycles. The van der Waals surface area contributed by atoms with Crippen molar-refractivity contribution in [3.8, 4) is 5.75 Å². The third-order valence-electron chi connectivity index (χ3n) is 3.76. The molecular weight excluding hydrogens is 382 g/mol. The number of benzene rings is 1. The van der Waals surface area contributed by atoms with E-state index >= 15 is 4.39 Å². The number of aliphatic hydroxyl groups excluding tert-OH is 1. The first-order valence-corrected chi connectivity index (χ1v) is 8.90. The molecule has 4 atom stereocenters. The number of hydrogen-bond donors (Lipinski definition) is 2. The Kier molecular flexibility index (Phi) is 6.98. The molecule has 0 saturated carbocycles. The van der Waals surface area contributed by atoms with E-state index in [2.05, 4.69) is 0 Å². The molecule has 0 radical (unpaired) electrons. The van der Waals surface area contributed by atoms with Crippen molar-refractivity contribution >= 4 is 8.25 Å². The van der Waals surface area contributed by atoms with E-state index in [1.54, 1.807) is 30.3 Å². The fraction of sp³-hybridized carbons (Fsp3) is 0.375. The molecule has 2 unspecified atom stereocenters. The second-order valence-electron chi connectivity index (χ2n) is 5.65. The normalized spacial score (nSPS) is 16.2. The van der Waals surface area contributed by atoms with Gasteiger partial charge in [0.05, 0.1) is 0 Å². The van der Waals surface area contributed by atoms with Crippen LogP contribution in [-0.4, -0.2) is 40.6 Å². The smallest absolute Gasteiger partial charge is 0.385 e. The maximum Gasteiger partial charge on any atom is 0.750 e. The zero-order valence-corrected chi connectivity index (χ0v) is 15.5. The number of aromatic nitrogens is 2. The monoisotopic (exact) mass is 401 g/mol. The van der Waals surface area contributed by atoms with Gasteiger partial charge in [-0.25, -0.2) is 13.7 Å². The Morgan fingerprint density at radius 2 is 1.96 bits per heavy atom. The fourth-order valence-electron chi connectivity index (χ4n) is 2.26. The number of aliphatic hydroxyl groups is 1. The van der Waals surface area contributed by atoms with Gasteiger partial charge >= 0.3 is 13.9 Å². The van der Waals surface area contributed by atoms with Gasteiger partial charge in [-0.3, -0.25) is 14.3 Å². The van der Waals surface area contributed by atoms with Gasteiger partial charge in [-0.2, -0.15) is 0 Å². The molecule has 146 valence electrons. The molecule has 0 aliphatic carbocycles. The lowest BCUT2D eigenvalue weighted by Crippen LogP contribution is -2.52. The van der Waals surface area contributed by atoms with E-state index in [0.717, 1.165) is 19.2 Å². The molecular formula is C16H19FN2O7P+. The minimum atomic E-state index is -2.64. The molecule has 0 fully saturated rings. The number of aromatic amines is 1. The van der Waals surface area contributed by atoms with Crippen LogP contribution in [0.5, 0.6) is 5.75 Å². The second kappa shape index (κ2) is 9.01. The summed E-state index contributed by atoms with van der Waals surface area (Å²) in [6.45, 7) is 0.460. The van der Waals surface area contributed by atoms with Crippen LogP contribution in [0.15, 0.2) is 52.2 Å². The summed E-state index contributed by atoms with van der Waals surface area (Å²) in [7, 11) is -1.41. The number of ether oxygens (including phenoxy) is 1. The van der Waals surface area contributed by atoms with Crippen LogP contribution in [0.4, 0.5) is 4.39 Å². The quantitative estimate of drug-likeness (QED) is 0.608. The van der Waals surface area contributed by atoms with E-state index in [0.29, 0.717) is 10.3 Å². The van der Waals surface area contributed by atoms with Crippen molar-refractivity contribution in [2.45, 2.75) is 24.9 Å². The number of nitrogens with zero attached hydrogens (tertiary/aromatic N) is 1. The Morgan fingerprint density at radius 3 is 2.56 bits per heavy atom. The number of methoxy groups -OCH3 is 1. The topological polar surface area (TPSA) is 120 Å². The summed E-state index contributed by atoms with van der Waals surface area (Å²) in [4.78, 5) is 24.8. The van der Waals surface area contributed by atoms with E-state index < -0.39 is 44.1 Å². The molecule has 9 nitrogen and oxygen atoms in total. The minimum absolute atomic E-state index is 0.309. The number of hydrogen-bond acceptors (Lipinski definition) is 7.